The predicted molar refractivity (Wildman–Crippen MR) is 86.5 cm³/mol. The normalized spacial score (nSPS) is 20.3. The number of urea groups is 1. The number of rotatable bonds is 6. The Bertz CT molecular complexity index is 538. The molecule has 0 unspecified atom stereocenters. The second-order valence-corrected chi connectivity index (χ2v) is 6.91. The lowest BCUT2D eigenvalue weighted by atomic mass is 9.98. The van der Waals surface area contributed by atoms with E-state index >= 15 is 0 Å². The van der Waals surface area contributed by atoms with Crippen molar-refractivity contribution >= 4 is 6.03 Å². The van der Waals surface area contributed by atoms with Crippen molar-refractivity contribution in [2.45, 2.75) is 44.8 Å². The van der Waals surface area contributed by atoms with Crippen LogP contribution in [0.2, 0.25) is 0 Å². The molecule has 2 atom stereocenters. The summed E-state index contributed by atoms with van der Waals surface area (Å²) in [5, 5.41) is 13.2. The van der Waals surface area contributed by atoms with E-state index in [-0.39, 0.29) is 18.2 Å². The first-order valence-electron chi connectivity index (χ1n) is 8.31. The van der Waals surface area contributed by atoms with E-state index < -0.39 is 0 Å². The summed E-state index contributed by atoms with van der Waals surface area (Å²) >= 11 is 0. The average molecular weight is 302 g/mol. The van der Waals surface area contributed by atoms with Crippen LogP contribution in [0.15, 0.2) is 24.3 Å². The van der Waals surface area contributed by atoms with Gasteiger partial charge in [-0.3, -0.25) is 0 Å². The largest absolute Gasteiger partial charge is 0.391 e. The van der Waals surface area contributed by atoms with Gasteiger partial charge in [-0.15, -0.1) is 0 Å². The van der Waals surface area contributed by atoms with Gasteiger partial charge in [0.1, 0.15) is 0 Å². The number of benzene rings is 1. The van der Waals surface area contributed by atoms with Crippen molar-refractivity contribution in [1.29, 1.82) is 0 Å². The summed E-state index contributed by atoms with van der Waals surface area (Å²) < 4.78 is 0. The molecule has 2 aliphatic carbocycles. The van der Waals surface area contributed by atoms with Crippen LogP contribution < -0.4 is 5.32 Å². The Kier molecular flexibility index (Phi) is 4.39. The van der Waals surface area contributed by atoms with Crippen LogP contribution in [-0.2, 0) is 0 Å². The van der Waals surface area contributed by atoms with Crippen LogP contribution in [0, 0.1) is 18.8 Å². The van der Waals surface area contributed by atoms with Crippen LogP contribution in [0.1, 0.15) is 42.9 Å². The summed E-state index contributed by atoms with van der Waals surface area (Å²) in [4.78, 5) is 14.1. The number of aliphatic hydroxyl groups is 1. The Hall–Kier alpha value is -1.55. The minimum Gasteiger partial charge on any atom is -0.391 e. The fraction of sp³-hybridized carbons (Fsp3) is 0.611. The Morgan fingerprint density at radius 3 is 2.50 bits per heavy atom. The minimum atomic E-state index is -0.381. The highest BCUT2D eigenvalue weighted by Gasteiger charge is 2.35. The maximum absolute atomic E-state index is 12.5. The molecule has 22 heavy (non-hydrogen) atoms. The van der Waals surface area contributed by atoms with Gasteiger partial charge in [0, 0.05) is 13.6 Å². The number of hydrogen-bond donors (Lipinski definition) is 2. The highest BCUT2D eigenvalue weighted by atomic mass is 16.3. The molecular weight excluding hydrogens is 276 g/mol. The molecule has 4 heteroatoms. The van der Waals surface area contributed by atoms with E-state index in [0.29, 0.717) is 18.4 Å². The average Bonchev–Trinajstić information content (AvgIpc) is 3.38. The zero-order valence-corrected chi connectivity index (χ0v) is 13.5. The number of carbonyl (C=O) groups excluding carboxylic acids is 1. The summed E-state index contributed by atoms with van der Waals surface area (Å²) in [6, 6.07) is 8.27. The standard InChI is InChI=1S/C18H26N2O2/c1-12-5-3-4-6-15(12)17(14-9-10-14)19-18(22)20(2)11-16(21)13-7-8-13/h3-6,13-14,16-17,21H,7-11H2,1-2H3,(H,19,22)/t16-,17-/m1/s1. The van der Waals surface area contributed by atoms with Crippen molar-refractivity contribution in [1.82, 2.24) is 10.2 Å². The highest BCUT2D eigenvalue weighted by molar-refractivity contribution is 5.74. The molecule has 2 saturated carbocycles. The van der Waals surface area contributed by atoms with E-state index in [1.165, 1.54) is 24.0 Å². The molecule has 0 radical (unpaired) electrons. The third-order valence-electron chi connectivity index (χ3n) is 4.87. The first-order valence-corrected chi connectivity index (χ1v) is 8.31. The van der Waals surface area contributed by atoms with Gasteiger partial charge in [-0.25, -0.2) is 4.79 Å². The Morgan fingerprint density at radius 2 is 1.91 bits per heavy atom. The lowest BCUT2D eigenvalue weighted by Gasteiger charge is -2.26. The fourth-order valence-corrected chi connectivity index (χ4v) is 3.05. The number of carbonyl (C=O) groups is 1. The molecule has 0 spiro atoms. The SMILES string of the molecule is Cc1ccccc1[C@H](NC(=O)N(C)C[C@@H](O)C1CC1)C1CC1. The maximum Gasteiger partial charge on any atom is 0.317 e. The molecule has 2 N–H and O–H groups in total. The minimum absolute atomic E-state index is 0.0835. The van der Waals surface area contributed by atoms with Gasteiger partial charge < -0.3 is 15.3 Å². The maximum atomic E-state index is 12.5. The van der Waals surface area contributed by atoms with E-state index in [1.807, 2.05) is 12.1 Å². The summed E-state index contributed by atoms with van der Waals surface area (Å²) in [6.45, 7) is 2.51. The lowest BCUT2D eigenvalue weighted by molar-refractivity contribution is 0.112. The molecular formula is C18H26N2O2. The number of amides is 2. The van der Waals surface area contributed by atoms with Crippen molar-refractivity contribution in [3.05, 3.63) is 35.4 Å². The number of aryl methyl sites for hydroxylation is 1. The molecule has 0 heterocycles. The molecule has 0 aliphatic heterocycles. The van der Waals surface area contributed by atoms with Crippen molar-refractivity contribution < 1.29 is 9.90 Å². The Labute approximate surface area is 132 Å². The third kappa shape index (κ3) is 3.61. The molecule has 1 aromatic carbocycles. The number of likely N-dealkylation sites (N-methyl/N-ethyl adjacent to an activating group) is 1. The van der Waals surface area contributed by atoms with Gasteiger partial charge in [-0.1, -0.05) is 24.3 Å². The Morgan fingerprint density at radius 1 is 1.27 bits per heavy atom. The monoisotopic (exact) mass is 302 g/mol. The zero-order valence-electron chi connectivity index (χ0n) is 13.5. The van der Waals surface area contributed by atoms with Gasteiger partial charge in [0.05, 0.1) is 12.1 Å². The molecule has 3 rings (SSSR count). The molecule has 2 aliphatic rings. The molecule has 2 amide bonds. The van der Waals surface area contributed by atoms with Crippen LogP contribution in [0.25, 0.3) is 0 Å². The van der Waals surface area contributed by atoms with E-state index in [0.717, 1.165) is 12.8 Å². The molecule has 2 fully saturated rings. The number of hydrogen-bond acceptors (Lipinski definition) is 2. The second kappa shape index (κ2) is 6.29. The first kappa shape index (κ1) is 15.3. The molecule has 1 aromatic rings. The van der Waals surface area contributed by atoms with Crippen LogP contribution in [0.3, 0.4) is 0 Å². The van der Waals surface area contributed by atoms with Crippen LogP contribution in [-0.4, -0.2) is 35.7 Å². The second-order valence-electron chi connectivity index (χ2n) is 6.91. The number of nitrogens with one attached hydrogen (secondary N) is 1. The first-order chi connectivity index (χ1) is 10.6. The van der Waals surface area contributed by atoms with E-state index in [9.17, 15) is 9.90 Å². The topological polar surface area (TPSA) is 52.6 Å². The summed E-state index contributed by atoms with van der Waals surface area (Å²) in [6.07, 6.45) is 4.14. The fourth-order valence-electron chi connectivity index (χ4n) is 3.05. The van der Waals surface area contributed by atoms with Gasteiger partial charge in [-0.05, 0) is 55.6 Å². The number of nitrogens with zero attached hydrogens (tertiary/aromatic N) is 1. The van der Waals surface area contributed by atoms with E-state index in [4.69, 9.17) is 0 Å². The predicted octanol–water partition coefficient (Wildman–Crippen LogP) is 2.86. The van der Waals surface area contributed by atoms with Crippen molar-refractivity contribution in [3.8, 4) is 0 Å². The third-order valence-corrected chi connectivity index (χ3v) is 4.87. The summed E-state index contributed by atoms with van der Waals surface area (Å²) in [5.74, 6) is 0.942. The zero-order chi connectivity index (χ0) is 15.7. The molecule has 0 aromatic heterocycles. The van der Waals surface area contributed by atoms with Crippen LogP contribution >= 0.6 is 0 Å². The van der Waals surface area contributed by atoms with E-state index in [1.54, 1.807) is 11.9 Å². The van der Waals surface area contributed by atoms with Gasteiger partial charge in [0.25, 0.3) is 0 Å². The van der Waals surface area contributed by atoms with Crippen molar-refractivity contribution in [2.75, 3.05) is 13.6 Å². The van der Waals surface area contributed by atoms with Crippen LogP contribution in [0.4, 0.5) is 4.79 Å². The van der Waals surface area contributed by atoms with Gasteiger partial charge in [-0.2, -0.15) is 0 Å². The summed E-state index contributed by atoms with van der Waals surface area (Å²) in [7, 11) is 1.77. The van der Waals surface area contributed by atoms with Crippen molar-refractivity contribution in [2.24, 2.45) is 11.8 Å². The molecule has 0 saturated heterocycles. The lowest BCUT2D eigenvalue weighted by Crippen LogP contribution is -2.43. The number of aliphatic hydroxyl groups excluding tert-OH is 1. The molecule has 0 bridgehead atoms. The van der Waals surface area contributed by atoms with Gasteiger partial charge in [0.15, 0.2) is 0 Å². The quantitative estimate of drug-likeness (QED) is 0.849. The molecule has 4 nitrogen and oxygen atoms in total. The van der Waals surface area contributed by atoms with Gasteiger partial charge in [0.2, 0.25) is 0 Å². The van der Waals surface area contributed by atoms with E-state index in [2.05, 4.69) is 24.4 Å². The highest BCUT2D eigenvalue weighted by Crippen LogP contribution is 2.42. The van der Waals surface area contributed by atoms with Gasteiger partial charge >= 0.3 is 6.03 Å². The Balaban J connectivity index is 1.63. The summed E-state index contributed by atoms with van der Waals surface area (Å²) in [5.41, 5.74) is 2.44. The van der Waals surface area contributed by atoms with Crippen LogP contribution in [0.5, 0.6) is 0 Å². The van der Waals surface area contributed by atoms with Crippen molar-refractivity contribution in [3.63, 3.8) is 0 Å². The molecule has 120 valence electrons. The smallest absolute Gasteiger partial charge is 0.317 e.